The molecule has 0 bridgehead atoms. The molecule has 0 saturated heterocycles. The van der Waals surface area contributed by atoms with Crippen molar-refractivity contribution in [3.05, 3.63) is 105 Å². The van der Waals surface area contributed by atoms with Crippen LogP contribution in [-0.4, -0.2) is 80.4 Å². The minimum Gasteiger partial charge on any atom is -0.487 e. The van der Waals surface area contributed by atoms with E-state index in [4.69, 9.17) is 14.2 Å². The Bertz CT molecular complexity index is 2280. The number of aromatic nitrogens is 2. The van der Waals surface area contributed by atoms with Crippen molar-refractivity contribution in [1.82, 2.24) is 20.1 Å². The van der Waals surface area contributed by atoms with Gasteiger partial charge >= 0.3 is 13.4 Å². The van der Waals surface area contributed by atoms with Gasteiger partial charge in [0.05, 0.1) is 31.6 Å². The monoisotopic (exact) mass is 832 g/mol. The SMILES string of the molecule is COC(=O)c1ccc(Oc2cc3c(cc2OCCOCCNC(=O)CCC2=N/C(=C\c4c(C)cc(C)n4B(F)F)C=C2)CCN[C@]3(C)CC(=O)Nc2nccs2)cc1F. The van der Waals surface area contributed by atoms with Crippen LogP contribution in [0.3, 0.4) is 0 Å². The van der Waals surface area contributed by atoms with Crippen LogP contribution in [0.2, 0.25) is 0 Å². The van der Waals surface area contributed by atoms with Gasteiger partial charge in [0.1, 0.15) is 18.2 Å². The number of fused-ring (bicyclic) bond motifs is 1. The number of nitrogens with one attached hydrogen (secondary N) is 3. The molecule has 4 aromatic rings. The number of carbonyl (C=O) groups excluding carboxylic acids is 3. The Morgan fingerprint density at radius 3 is 2.64 bits per heavy atom. The largest absolute Gasteiger partial charge is 0.677 e. The van der Waals surface area contributed by atoms with Crippen LogP contribution in [0.1, 0.15) is 64.6 Å². The average molecular weight is 833 g/mol. The van der Waals surface area contributed by atoms with E-state index in [0.29, 0.717) is 53.1 Å². The van der Waals surface area contributed by atoms with Gasteiger partial charge in [-0.05, 0) is 98.9 Å². The highest BCUT2D eigenvalue weighted by Crippen LogP contribution is 2.41. The molecule has 2 aromatic heterocycles. The van der Waals surface area contributed by atoms with Gasteiger partial charge in [-0.3, -0.25) is 23.2 Å². The number of hydrogen-bond acceptors (Lipinski definition) is 11. The van der Waals surface area contributed by atoms with Crippen LogP contribution in [0.5, 0.6) is 17.2 Å². The zero-order valence-corrected chi connectivity index (χ0v) is 33.9. The molecule has 0 saturated carbocycles. The maximum atomic E-state index is 14.9. The highest BCUT2D eigenvalue weighted by Gasteiger charge is 2.36. The number of benzene rings is 2. The molecule has 1 atom stereocenters. The lowest BCUT2D eigenvalue weighted by atomic mass is 9.81. The number of ether oxygens (including phenoxy) is 4. The van der Waals surface area contributed by atoms with E-state index >= 15 is 0 Å². The lowest BCUT2D eigenvalue weighted by molar-refractivity contribution is -0.121. The van der Waals surface area contributed by atoms with Gasteiger partial charge < -0.3 is 39.4 Å². The normalized spacial score (nSPS) is 16.4. The third kappa shape index (κ3) is 10.9. The number of hydrogen-bond donors (Lipinski definition) is 3. The number of methoxy groups -OCH3 is 1. The topological polar surface area (TPSA) is 154 Å². The number of nitrogens with zero attached hydrogens (tertiary/aromatic N) is 3. The van der Waals surface area contributed by atoms with E-state index in [9.17, 15) is 27.4 Å². The van der Waals surface area contributed by atoms with E-state index in [0.717, 1.165) is 34.3 Å². The molecule has 2 aromatic carbocycles. The van der Waals surface area contributed by atoms with E-state index in [2.05, 4.69) is 30.7 Å². The Hall–Kier alpha value is -5.72. The number of aryl methyl sites for hydroxylation is 2. The molecular weight excluding hydrogens is 788 g/mol. The van der Waals surface area contributed by atoms with Gasteiger partial charge in [0.2, 0.25) is 11.8 Å². The molecular formula is C41H44BF3N6O7S. The van der Waals surface area contributed by atoms with Gasteiger partial charge in [-0.1, -0.05) is 0 Å². The number of anilines is 1. The maximum Gasteiger partial charge on any atom is 0.677 e. The van der Waals surface area contributed by atoms with Crippen LogP contribution in [0, 0.1) is 19.7 Å². The summed E-state index contributed by atoms with van der Waals surface area (Å²) in [5.74, 6) is -1.33. The minimum atomic E-state index is -2.66. The number of carbonyl (C=O) groups is 3. The van der Waals surface area contributed by atoms with Crippen molar-refractivity contribution in [2.75, 3.05) is 45.3 Å². The molecule has 2 aliphatic rings. The van der Waals surface area contributed by atoms with E-state index in [-0.39, 0.29) is 68.1 Å². The molecule has 2 amide bonds. The van der Waals surface area contributed by atoms with Gasteiger partial charge in [0.25, 0.3) is 0 Å². The van der Waals surface area contributed by atoms with Crippen LogP contribution >= 0.6 is 11.3 Å². The van der Waals surface area contributed by atoms with Gasteiger partial charge in [0, 0.05) is 66.2 Å². The smallest absolute Gasteiger partial charge is 0.487 e. The second-order valence-corrected chi connectivity index (χ2v) is 15.0. The van der Waals surface area contributed by atoms with Crippen molar-refractivity contribution in [2.45, 2.75) is 52.0 Å². The summed E-state index contributed by atoms with van der Waals surface area (Å²) in [5, 5.41) is 11.4. The summed E-state index contributed by atoms with van der Waals surface area (Å²) in [6, 6.07) is 9.11. The van der Waals surface area contributed by atoms with Gasteiger partial charge in [-0.2, -0.15) is 0 Å². The minimum absolute atomic E-state index is 0.0941. The fraction of sp³-hybridized carbons (Fsp3) is 0.341. The molecule has 3 N–H and O–H groups in total. The van der Waals surface area contributed by atoms with Gasteiger partial charge in [-0.25, -0.2) is 14.2 Å². The summed E-state index contributed by atoms with van der Waals surface area (Å²) in [6.45, 7) is 6.70. The number of esters is 1. The highest BCUT2D eigenvalue weighted by atomic mass is 32.1. The molecule has 6 rings (SSSR count). The van der Waals surface area contributed by atoms with Crippen molar-refractivity contribution >= 4 is 53.4 Å². The first kappa shape index (κ1) is 42.9. The van der Waals surface area contributed by atoms with Crippen molar-refractivity contribution in [3.8, 4) is 17.2 Å². The Morgan fingerprint density at radius 1 is 1.07 bits per heavy atom. The van der Waals surface area contributed by atoms with Crippen LogP contribution in [0.15, 0.2) is 70.8 Å². The van der Waals surface area contributed by atoms with Crippen LogP contribution < -0.4 is 25.4 Å². The molecule has 0 unspecified atom stereocenters. The third-order valence-corrected chi connectivity index (χ3v) is 10.5. The Morgan fingerprint density at radius 2 is 1.90 bits per heavy atom. The number of amides is 2. The standard InChI is InChI=1S/C41H44BF3N6O7S/c1-25-19-26(2)51(42(44)45)34(25)21-29-6-5-28(49-29)7-10-37(52)46-13-15-56-16-17-57-35-20-27-11-12-48-41(3,24-38(53)50-40-47-14-18-59-40)32(27)23-36(35)58-30-8-9-31(33(43)22-30)39(54)55-4/h5-6,8-9,14,18-23,48H,7,10-13,15-17,24H2,1-4H3,(H,46,52)(H,47,50,53)/b29-21-/t41-/m1/s1. The lowest BCUT2D eigenvalue weighted by Gasteiger charge is -2.37. The fourth-order valence-electron chi connectivity index (χ4n) is 6.94. The number of halogens is 3. The molecule has 310 valence electrons. The molecule has 0 radical (unpaired) electrons. The summed E-state index contributed by atoms with van der Waals surface area (Å²) in [4.78, 5) is 46.2. The highest BCUT2D eigenvalue weighted by molar-refractivity contribution is 7.13. The number of aliphatic imine (C=N–C) groups is 1. The first-order valence-electron chi connectivity index (χ1n) is 18.9. The Balaban J connectivity index is 1.02. The number of rotatable bonds is 18. The molecule has 59 heavy (non-hydrogen) atoms. The van der Waals surface area contributed by atoms with Crippen molar-refractivity contribution < 1.29 is 46.4 Å². The second kappa shape index (κ2) is 19.4. The summed E-state index contributed by atoms with van der Waals surface area (Å²) in [5.41, 5.74) is 3.52. The summed E-state index contributed by atoms with van der Waals surface area (Å²) in [6.07, 6.45) is 8.05. The zero-order chi connectivity index (χ0) is 42.1. The third-order valence-electron chi connectivity index (χ3n) is 9.77. The first-order valence-corrected chi connectivity index (χ1v) is 19.8. The van der Waals surface area contributed by atoms with E-state index < -0.39 is 24.7 Å². The van der Waals surface area contributed by atoms with E-state index in [1.807, 2.05) is 13.0 Å². The molecule has 0 fully saturated rings. The second-order valence-electron chi connectivity index (χ2n) is 14.1. The lowest BCUT2D eigenvalue weighted by Crippen LogP contribution is -2.47. The quantitative estimate of drug-likeness (QED) is 0.0559. The predicted molar refractivity (Wildman–Crippen MR) is 219 cm³/mol. The first-order chi connectivity index (χ1) is 28.3. The van der Waals surface area contributed by atoms with Gasteiger partial charge in [-0.15, -0.1) is 11.3 Å². The molecule has 18 heteroatoms. The van der Waals surface area contributed by atoms with E-state index in [1.54, 1.807) is 55.8 Å². The summed E-state index contributed by atoms with van der Waals surface area (Å²) >= 11 is 1.32. The summed E-state index contributed by atoms with van der Waals surface area (Å²) < 4.78 is 65.6. The molecule has 13 nitrogen and oxygen atoms in total. The maximum absolute atomic E-state index is 14.9. The van der Waals surface area contributed by atoms with Crippen molar-refractivity contribution in [2.24, 2.45) is 4.99 Å². The van der Waals surface area contributed by atoms with Gasteiger partial charge in [0.15, 0.2) is 16.6 Å². The number of allylic oxidation sites excluding steroid dienone is 2. The summed E-state index contributed by atoms with van der Waals surface area (Å²) in [7, 11) is -1.50. The zero-order valence-electron chi connectivity index (χ0n) is 33.0. The molecule has 0 aliphatic carbocycles. The van der Waals surface area contributed by atoms with Crippen LogP contribution in [-0.2, 0) is 31.0 Å². The van der Waals surface area contributed by atoms with Crippen molar-refractivity contribution in [1.29, 1.82) is 0 Å². The van der Waals surface area contributed by atoms with Crippen molar-refractivity contribution in [3.63, 3.8) is 0 Å². The van der Waals surface area contributed by atoms with E-state index in [1.165, 1.54) is 23.5 Å². The fourth-order valence-corrected chi connectivity index (χ4v) is 7.48. The number of thiazole rings is 1. The van der Waals surface area contributed by atoms with Crippen LogP contribution in [0.25, 0.3) is 6.08 Å². The Kier molecular flexibility index (Phi) is 14.1. The molecule has 4 heterocycles. The Labute approximate surface area is 343 Å². The predicted octanol–water partition coefficient (Wildman–Crippen LogP) is 6.78. The molecule has 2 aliphatic heterocycles. The molecule has 0 spiro atoms. The van der Waals surface area contributed by atoms with Crippen LogP contribution in [0.4, 0.5) is 18.2 Å². The average Bonchev–Trinajstić information content (AvgIpc) is 3.94.